The molecular weight excluding hydrogens is 471 g/mol. The van der Waals surface area contributed by atoms with Gasteiger partial charge >= 0.3 is 11.8 Å². The maximum absolute atomic E-state index is 12.7. The molecule has 27 heavy (non-hydrogen) atoms. The number of nitrogens with zero attached hydrogens (tertiary/aromatic N) is 2. The maximum Gasteiger partial charge on any atom is 0.311 e. The van der Waals surface area contributed by atoms with Gasteiger partial charge in [0.05, 0.1) is 35.1 Å². The third-order valence-electron chi connectivity index (χ3n) is 4.31. The van der Waals surface area contributed by atoms with Gasteiger partial charge in [0.15, 0.2) is 11.4 Å². The molecule has 2 heterocycles. The highest BCUT2D eigenvalue weighted by atomic mass is 127. The summed E-state index contributed by atoms with van der Waals surface area (Å²) in [5.41, 5.74) is -0.172. The predicted octanol–water partition coefficient (Wildman–Crippen LogP) is -0.996. The summed E-state index contributed by atoms with van der Waals surface area (Å²) in [5.74, 6) is -2.28. The van der Waals surface area contributed by atoms with E-state index in [9.17, 15) is 24.3 Å². The number of aliphatic hydroxyl groups is 1. The monoisotopic (exact) mass is 492 g/mol. The molecule has 0 saturated heterocycles. The largest absolute Gasteiger partial charge is 0.491 e. The number of carbonyl (C=O) groups excluding carboxylic acids is 3. The predicted molar refractivity (Wildman–Crippen MR) is 104 cm³/mol. The average Bonchev–Trinajstić information content (AvgIpc) is 3.00. The lowest BCUT2D eigenvalue weighted by molar-refractivity contribution is -0.144. The third-order valence-corrected chi connectivity index (χ3v) is 5.35. The Morgan fingerprint density at radius 1 is 1.37 bits per heavy atom. The number of likely N-dealkylation sites (N-methyl/N-ethyl adjacent to an activating group) is 1. The summed E-state index contributed by atoms with van der Waals surface area (Å²) in [6, 6.07) is -1.29. The van der Waals surface area contributed by atoms with Crippen molar-refractivity contribution < 1.29 is 24.2 Å². The summed E-state index contributed by atoms with van der Waals surface area (Å²) in [5, 5.41) is 14.8. The number of hydrogen-bond acceptors (Lipinski definition) is 6. The molecule has 3 amide bonds. The Hall–Kier alpha value is -2.15. The van der Waals surface area contributed by atoms with Gasteiger partial charge in [-0.15, -0.1) is 0 Å². The van der Waals surface area contributed by atoms with E-state index in [1.54, 1.807) is 0 Å². The average molecular weight is 492 g/mol. The molecule has 0 aliphatic carbocycles. The Labute approximate surface area is 169 Å². The first-order valence-electron chi connectivity index (χ1n) is 8.06. The van der Waals surface area contributed by atoms with Crippen LogP contribution in [0.4, 0.5) is 0 Å². The van der Waals surface area contributed by atoms with Gasteiger partial charge in [-0.1, -0.05) is 0 Å². The Morgan fingerprint density at radius 2 is 2.00 bits per heavy atom. The zero-order chi connectivity index (χ0) is 20.5. The molecule has 0 radical (unpaired) electrons. The molecule has 148 valence electrons. The van der Waals surface area contributed by atoms with Gasteiger partial charge in [0.1, 0.15) is 0 Å². The minimum Gasteiger partial charge on any atom is -0.491 e. The van der Waals surface area contributed by atoms with E-state index in [1.165, 1.54) is 32.8 Å². The van der Waals surface area contributed by atoms with Gasteiger partial charge in [-0.05, 0) is 29.0 Å². The molecule has 2 rings (SSSR count). The molecule has 0 aromatic carbocycles. The van der Waals surface area contributed by atoms with Crippen LogP contribution in [0.25, 0.3) is 0 Å². The summed E-state index contributed by atoms with van der Waals surface area (Å²) in [6.07, 6.45) is 0.218. The van der Waals surface area contributed by atoms with E-state index in [4.69, 9.17) is 4.74 Å². The Balaban J connectivity index is 2.66. The van der Waals surface area contributed by atoms with E-state index < -0.39 is 35.2 Å². The maximum atomic E-state index is 12.7. The summed E-state index contributed by atoms with van der Waals surface area (Å²) >= 11 is 1.82. The summed E-state index contributed by atoms with van der Waals surface area (Å²) < 4.78 is 6.91. The van der Waals surface area contributed by atoms with E-state index in [1.807, 2.05) is 22.6 Å². The number of rotatable bonds is 4. The topological polar surface area (TPSA) is 130 Å². The Kier molecular flexibility index (Phi) is 6.46. The van der Waals surface area contributed by atoms with E-state index in [0.717, 1.165) is 4.90 Å². The fourth-order valence-electron chi connectivity index (χ4n) is 3.08. The normalized spacial score (nSPS) is 17.9. The first-order chi connectivity index (χ1) is 12.7. The van der Waals surface area contributed by atoms with Gasteiger partial charge in [0.25, 0.3) is 5.91 Å². The van der Waals surface area contributed by atoms with Crippen LogP contribution in [-0.4, -0.2) is 67.2 Å². The van der Waals surface area contributed by atoms with Crippen LogP contribution in [0.2, 0.25) is 0 Å². The third kappa shape index (κ3) is 3.65. The van der Waals surface area contributed by atoms with E-state index in [0.29, 0.717) is 5.69 Å². The van der Waals surface area contributed by atoms with Gasteiger partial charge < -0.3 is 29.9 Å². The Morgan fingerprint density at radius 3 is 2.48 bits per heavy atom. The number of nitrogens with one attached hydrogen (secondary N) is 2. The second-order valence-electron chi connectivity index (χ2n) is 6.16. The fourth-order valence-corrected chi connectivity index (χ4v) is 3.96. The van der Waals surface area contributed by atoms with Gasteiger partial charge in [0.2, 0.25) is 5.43 Å². The minimum atomic E-state index is -0.837. The highest BCUT2D eigenvalue weighted by Crippen LogP contribution is 2.39. The lowest BCUT2D eigenvalue weighted by Crippen LogP contribution is -2.41. The fraction of sp³-hybridized carbons (Fsp3) is 0.500. The minimum absolute atomic E-state index is 0.0323. The van der Waals surface area contributed by atoms with Crippen LogP contribution in [0.3, 0.4) is 0 Å². The highest BCUT2D eigenvalue weighted by Gasteiger charge is 2.39. The molecule has 0 fully saturated rings. The van der Waals surface area contributed by atoms with Crippen molar-refractivity contribution >= 4 is 40.3 Å². The standard InChI is InChI=1S/C16H21IN4O6/c1-18-14(24)11-13(27-4)12(23)9(17)10-8(5-7(6-22)21(10)11)19-15(25)16(26)20(2)3/h7-8,22H,5-6H2,1-4H3,(H,18,24)(H,19,25)/t7-,8?/m0/s1. The smallest absolute Gasteiger partial charge is 0.311 e. The van der Waals surface area contributed by atoms with E-state index >= 15 is 0 Å². The van der Waals surface area contributed by atoms with Crippen LogP contribution in [-0.2, 0) is 9.59 Å². The van der Waals surface area contributed by atoms with Crippen LogP contribution in [0.5, 0.6) is 5.75 Å². The number of hydrogen-bond donors (Lipinski definition) is 3. The molecule has 11 heteroatoms. The molecule has 0 saturated carbocycles. The number of aliphatic hydroxyl groups excluding tert-OH is 1. The number of fused-ring (bicyclic) bond motifs is 1. The van der Waals surface area contributed by atoms with Crippen molar-refractivity contribution in [3.05, 3.63) is 25.2 Å². The molecule has 1 unspecified atom stereocenters. The molecule has 0 spiro atoms. The van der Waals surface area contributed by atoms with Crippen molar-refractivity contribution in [1.82, 2.24) is 20.1 Å². The molecule has 1 aromatic heterocycles. The van der Waals surface area contributed by atoms with Crippen molar-refractivity contribution in [2.24, 2.45) is 0 Å². The van der Waals surface area contributed by atoms with Crippen LogP contribution in [0, 0.1) is 3.57 Å². The molecule has 1 aliphatic rings. The zero-order valence-electron chi connectivity index (χ0n) is 15.3. The second-order valence-corrected chi connectivity index (χ2v) is 7.24. The first-order valence-corrected chi connectivity index (χ1v) is 9.14. The Bertz CT molecular complexity index is 850. The lowest BCUT2D eigenvalue weighted by Gasteiger charge is -2.21. The van der Waals surface area contributed by atoms with Crippen molar-refractivity contribution in [3.63, 3.8) is 0 Å². The van der Waals surface area contributed by atoms with E-state index in [-0.39, 0.29) is 28.0 Å². The van der Waals surface area contributed by atoms with Crippen molar-refractivity contribution in [3.8, 4) is 5.75 Å². The van der Waals surface area contributed by atoms with Gasteiger partial charge in [-0.3, -0.25) is 19.2 Å². The molecule has 0 bridgehead atoms. The van der Waals surface area contributed by atoms with Crippen LogP contribution >= 0.6 is 22.6 Å². The number of amides is 3. The van der Waals surface area contributed by atoms with Crippen LogP contribution < -0.4 is 20.8 Å². The molecule has 2 atom stereocenters. The van der Waals surface area contributed by atoms with Crippen LogP contribution in [0.1, 0.15) is 34.7 Å². The van der Waals surface area contributed by atoms with Crippen molar-refractivity contribution in [2.45, 2.75) is 18.5 Å². The SMILES string of the molecule is CNC(=O)c1c(OC)c(=O)c(I)c2n1[C@H](CO)CC2NC(=O)C(=O)N(C)C. The molecular formula is C16H21IN4O6. The van der Waals surface area contributed by atoms with Crippen molar-refractivity contribution in [2.75, 3.05) is 34.9 Å². The summed E-state index contributed by atoms with van der Waals surface area (Å²) in [4.78, 5) is 50.3. The van der Waals surface area contributed by atoms with Crippen molar-refractivity contribution in [1.29, 1.82) is 0 Å². The number of carbonyl (C=O) groups is 3. The van der Waals surface area contributed by atoms with Gasteiger partial charge in [-0.2, -0.15) is 0 Å². The number of aromatic nitrogens is 1. The molecule has 1 aromatic rings. The number of methoxy groups -OCH3 is 1. The number of halogens is 1. The second kappa shape index (κ2) is 8.25. The molecule has 3 N–H and O–H groups in total. The summed E-state index contributed by atoms with van der Waals surface area (Å²) in [7, 11) is 5.59. The highest BCUT2D eigenvalue weighted by molar-refractivity contribution is 14.1. The lowest BCUT2D eigenvalue weighted by atomic mass is 10.1. The molecule has 10 nitrogen and oxygen atoms in total. The van der Waals surface area contributed by atoms with E-state index in [2.05, 4.69) is 10.6 Å². The quantitative estimate of drug-likeness (QED) is 0.366. The zero-order valence-corrected chi connectivity index (χ0v) is 17.5. The summed E-state index contributed by atoms with van der Waals surface area (Å²) in [6.45, 7) is -0.326. The molecule has 1 aliphatic heterocycles. The number of pyridine rings is 1. The van der Waals surface area contributed by atoms with Gasteiger partial charge in [0, 0.05) is 21.1 Å². The first kappa shape index (κ1) is 21.2. The number of ether oxygens (including phenoxy) is 1. The van der Waals surface area contributed by atoms with Crippen LogP contribution in [0.15, 0.2) is 4.79 Å². The van der Waals surface area contributed by atoms with Gasteiger partial charge in [-0.25, -0.2) is 0 Å².